The van der Waals surface area contributed by atoms with E-state index >= 15 is 0 Å². The zero-order chi connectivity index (χ0) is 28.2. The van der Waals surface area contributed by atoms with E-state index in [1.54, 1.807) is 0 Å². The van der Waals surface area contributed by atoms with Gasteiger partial charge in [-0.1, -0.05) is 86.3 Å². The molecule has 0 saturated carbocycles. The lowest BCUT2D eigenvalue weighted by Gasteiger charge is -2.26. The Balaban J connectivity index is 1.07. The Labute approximate surface area is 238 Å². The molecule has 1 aliphatic heterocycles. The summed E-state index contributed by atoms with van der Waals surface area (Å²) < 4.78 is 12.0. The molecule has 212 valence electrons. The van der Waals surface area contributed by atoms with Gasteiger partial charge < -0.3 is 14.8 Å². The minimum Gasteiger partial charge on any atom is -0.494 e. The molecule has 4 rings (SSSR count). The normalized spacial score (nSPS) is 15.3. The van der Waals surface area contributed by atoms with Crippen LogP contribution in [0.25, 0.3) is 0 Å². The Morgan fingerprint density at radius 3 is 2.33 bits per heavy atom. The van der Waals surface area contributed by atoms with E-state index in [0.717, 1.165) is 44.1 Å². The van der Waals surface area contributed by atoms with Gasteiger partial charge in [-0.15, -0.1) is 0 Å². The van der Waals surface area contributed by atoms with Crippen molar-refractivity contribution in [2.45, 2.75) is 63.5 Å². The van der Waals surface area contributed by atoms with Crippen molar-refractivity contribution in [3.05, 3.63) is 95.6 Å². The van der Waals surface area contributed by atoms with Gasteiger partial charge in [0.2, 0.25) is 5.91 Å². The molecule has 1 heterocycles. The van der Waals surface area contributed by atoms with Gasteiger partial charge in [-0.25, -0.2) is 0 Å². The van der Waals surface area contributed by atoms with E-state index in [1.807, 2.05) is 85.7 Å². The summed E-state index contributed by atoms with van der Waals surface area (Å²) in [4.78, 5) is 27.4. The summed E-state index contributed by atoms with van der Waals surface area (Å²) in [6, 6.07) is 25.4. The number of nitrogens with one attached hydrogen (secondary N) is 1. The van der Waals surface area contributed by atoms with Crippen molar-refractivity contribution < 1.29 is 19.1 Å². The molecule has 6 nitrogen and oxygen atoms in total. The number of Topliss-reactive ketones (excluding diaryl/α,β-unsaturated/α-hetero) is 1. The molecule has 3 aromatic carbocycles. The van der Waals surface area contributed by atoms with E-state index in [2.05, 4.69) is 17.4 Å². The first kappa shape index (κ1) is 29.3. The maximum Gasteiger partial charge on any atom is 0.237 e. The molecule has 40 heavy (non-hydrogen) atoms. The highest BCUT2D eigenvalue weighted by Gasteiger charge is 2.28. The average Bonchev–Trinajstić information content (AvgIpc) is 2.97. The van der Waals surface area contributed by atoms with Gasteiger partial charge in [0.05, 0.1) is 24.6 Å². The molecular formula is C34H42N2O4. The molecule has 6 heteroatoms. The van der Waals surface area contributed by atoms with Crippen LogP contribution in [0.15, 0.2) is 78.9 Å². The number of amides is 1. The lowest BCUT2D eigenvalue weighted by molar-refractivity contribution is -0.125. The lowest BCUT2D eigenvalue weighted by atomic mass is 9.96. The maximum atomic E-state index is 12.8. The summed E-state index contributed by atoms with van der Waals surface area (Å²) in [7, 11) is 3.91. The second kappa shape index (κ2) is 15.2. The zero-order valence-corrected chi connectivity index (χ0v) is 23.8. The first-order chi connectivity index (χ1) is 19.5. The highest BCUT2D eigenvalue weighted by molar-refractivity contribution is 6.00. The predicted octanol–water partition coefficient (Wildman–Crippen LogP) is 6.40. The van der Waals surface area contributed by atoms with Crippen molar-refractivity contribution in [1.29, 1.82) is 0 Å². The Bertz CT molecular complexity index is 1210. The van der Waals surface area contributed by atoms with Crippen LogP contribution in [0.1, 0.15) is 72.5 Å². The van der Waals surface area contributed by atoms with Crippen molar-refractivity contribution in [1.82, 2.24) is 10.2 Å². The zero-order valence-electron chi connectivity index (χ0n) is 23.8. The maximum absolute atomic E-state index is 12.8. The number of carbonyl (C=O) groups is 2. The van der Waals surface area contributed by atoms with E-state index in [9.17, 15) is 9.59 Å². The van der Waals surface area contributed by atoms with Gasteiger partial charge in [-0.2, -0.15) is 0 Å². The SMILES string of the molecule is CN(C)C(Cc1ccccc1)C(=O)NCCCCCCCCOc1ccc2c(c1)C(=O)CC(c1ccccc1)O2. The summed E-state index contributed by atoms with van der Waals surface area (Å²) in [6.45, 7) is 1.35. The van der Waals surface area contributed by atoms with Crippen LogP contribution in [0, 0.1) is 0 Å². The number of hydrogen-bond acceptors (Lipinski definition) is 5. The summed E-state index contributed by atoms with van der Waals surface area (Å²) in [5, 5.41) is 3.12. The molecule has 0 radical (unpaired) electrons. The Morgan fingerprint density at radius 2 is 1.60 bits per heavy atom. The predicted molar refractivity (Wildman–Crippen MR) is 159 cm³/mol. The third kappa shape index (κ3) is 8.68. The van der Waals surface area contributed by atoms with E-state index in [0.29, 0.717) is 43.1 Å². The third-order valence-electron chi connectivity index (χ3n) is 7.40. The molecule has 0 fully saturated rings. The minimum absolute atomic E-state index is 0.0881. The van der Waals surface area contributed by atoms with Gasteiger partial charge in [0.1, 0.15) is 17.6 Å². The molecule has 0 aliphatic carbocycles. The van der Waals surface area contributed by atoms with Crippen LogP contribution in [0.5, 0.6) is 11.5 Å². The molecule has 2 atom stereocenters. The Kier molecular flexibility index (Phi) is 11.2. The Hall–Kier alpha value is -3.64. The fourth-order valence-corrected chi connectivity index (χ4v) is 5.05. The van der Waals surface area contributed by atoms with Crippen molar-refractivity contribution in [3.8, 4) is 11.5 Å². The number of hydrogen-bond donors (Lipinski definition) is 1. The minimum atomic E-state index is -0.237. The molecule has 3 aromatic rings. The number of nitrogens with zero attached hydrogens (tertiary/aromatic N) is 1. The number of fused-ring (bicyclic) bond motifs is 1. The molecule has 0 saturated heterocycles. The van der Waals surface area contributed by atoms with Gasteiger partial charge in [0.25, 0.3) is 0 Å². The molecular weight excluding hydrogens is 500 g/mol. The first-order valence-electron chi connectivity index (χ1n) is 14.5. The van der Waals surface area contributed by atoms with Crippen LogP contribution >= 0.6 is 0 Å². The quantitative estimate of drug-likeness (QED) is 0.225. The van der Waals surface area contributed by atoms with E-state index in [4.69, 9.17) is 9.47 Å². The lowest BCUT2D eigenvalue weighted by Crippen LogP contribution is -2.45. The van der Waals surface area contributed by atoms with Crippen molar-refractivity contribution in [2.75, 3.05) is 27.2 Å². The van der Waals surface area contributed by atoms with Crippen LogP contribution in [0.3, 0.4) is 0 Å². The second-order valence-corrected chi connectivity index (χ2v) is 10.7. The Morgan fingerprint density at radius 1 is 0.925 bits per heavy atom. The van der Waals surface area contributed by atoms with Crippen LogP contribution in [-0.2, 0) is 11.2 Å². The highest BCUT2D eigenvalue weighted by Crippen LogP contribution is 2.36. The largest absolute Gasteiger partial charge is 0.494 e. The summed E-state index contributed by atoms with van der Waals surface area (Å²) in [5.41, 5.74) is 2.79. The summed E-state index contributed by atoms with van der Waals surface area (Å²) >= 11 is 0. The number of unbranched alkanes of at least 4 members (excludes halogenated alkanes) is 5. The van der Waals surface area contributed by atoms with Crippen LogP contribution < -0.4 is 14.8 Å². The first-order valence-corrected chi connectivity index (χ1v) is 14.5. The molecule has 2 unspecified atom stereocenters. The number of benzene rings is 3. The molecule has 0 aromatic heterocycles. The molecule has 1 N–H and O–H groups in total. The van der Waals surface area contributed by atoms with Crippen molar-refractivity contribution in [3.63, 3.8) is 0 Å². The molecule has 0 spiro atoms. The van der Waals surface area contributed by atoms with Gasteiger partial charge >= 0.3 is 0 Å². The van der Waals surface area contributed by atoms with Gasteiger partial charge in [-0.05, 0) is 62.7 Å². The van der Waals surface area contributed by atoms with E-state index < -0.39 is 0 Å². The number of ketones is 1. The standard InChI is InChI=1S/C34H42N2O4/c1-36(2)30(23-26-15-9-7-10-16-26)34(38)35-21-13-5-3-4-6-14-22-39-28-19-20-32-29(24-28)31(37)25-33(40-32)27-17-11-8-12-18-27/h7-12,15-20,24,30,33H,3-6,13-14,21-23,25H2,1-2H3,(H,35,38). The number of rotatable bonds is 15. The highest BCUT2D eigenvalue weighted by atomic mass is 16.5. The molecule has 1 amide bonds. The van der Waals surface area contributed by atoms with Crippen LogP contribution in [0.4, 0.5) is 0 Å². The smallest absolute Gasteiger partial charge is 0.237 e. The number of likely N-dealkylation sites (N-methyl/N-ethyl adjacent to an activating group) is 1. The van der Waals surface area contributed by atoms with Crippen molar-refractivity contribution in [2.24, 2.45) is 0 Å². The third-order valence-corrected chi connectivity index (χ3v) is 7.40. The number of ether oxygens (including phenoxy) is 2. The van der Waals surface area contributed by atoms with Gasteiger partial charge in [0, 0.05) is 6.54 Å². The van der Waals surface area contributed by atoms with Gasteiger partial charge in [-0.3, -0.25) is 14.5 Å². The van der Waals surface area contributed by atoms with E-state index in [-0.39, 0.29) is 23.8 Å². The fourth-order valence-electron chi connectivity index (χ4n) is 5.05. The molecule has 1 aliphatic rings. The van der Waals surface area contributed by atoms with Crippen LogP contribution in [-0.4, -0.2) is 49.9 Å². The van der Waals surface area contributed by atoms with Crippen LogP contribution in [0.2, 0.25) is 0 Å². The van der Waals surface area contributed by atoms with Gasteiger partial charge in [0.15, 0.2) is 5.78 Å². The molecule has 0 bridgehead atoms. The summed E-state index contributed by atoms with van der Waals surface area (Å²) in [6.07, 6.45) is 7.26. The average molecular weight is 543 g/mol. The van der Waals surface area contributed by atoms with Crippen molar-refractivity contribution >= 4 is 11.7 Å². The number of carbonyl (C=O) groups excluding carboxylic acids is 2. The second-order valence-electron chi connectivity index (χ2n) is 10.7. The van der Waals surface area contributed by atoms with E-state index in [1.165, 1.54) is 5.56 Å². The fraction of sp³-hybridized carbons (Fsp3) is 0.412. The topological polar surface area (TPSA) is 67.9 Å². The monoisotopic (exact) mass is 542 g/mol. The summed E-state index contributed by atoms with van der Waals surface area (Å²) in [5.74, 6) is 1.53.